The van der Waals surface area contributed by atoms with Crippen LogP contribution in [0.1, 0.15) is 24.2 Å². The number of hydrogen-bond acceptors (Lipinski definition) is 5. The van der Waals surface area contributed by atoms with Crippen LogP contribution in [0.2, 0.25) is 0 Å². The number of anilines is 1. The summed E-state index contributed by atoms with van der Waals surface area (Å²) < 4.78 is 1.70. The smallest absolute Gasteiger partial charge is 0.239 e. The van der Waals surface area contributed by atoms with Crippen LogP contribution in [0.25, 0.3) is 0 Å². The van der Waals surface area contributed by atoms with Gasteiger partial charge >= 0.3 is 0 Å². The van der Waals surface area contributed by atoms with Crippen LogP contribution in [0.15, 0.2) is 30.6 Å². The Hall–Kier alpha value is -2.25. The Bertz CT molecular complexity index is 706. The Balaban J connectivity index is 1.47. The highest BCUT2D eigenvalue weighted by Crippen LogP contribution is 2.20. The Labute approximate surface area is 148 Å². The summed E-state index contributed by atoms with van der Waals surface area (Å²) in [6, 6.07) is 6.33. The third kappa shape index (κ3) is 4.43. The standard InChI is InChI=1S/C18H26N6O/c1-14-11-17(22(3)21-14)20-18(25)13-23-7-9-24(10-8-23)15(2)16-5-4-6-19-12-16/h4-6,11-12,15H,7-10,13H2,1-3H3,(H,20,25)/t15-/m0/s1. The SMILES string of the molecule is Cc1cc(NC(=O)CN2CCN([C@@H](C)c3cccnc3)CC2)n(C)n1. The topological polar surface area (TPSA) is 66.3 Å². The predicted molar refractivity (Wildman–Crippen MR) is 97.2 cm³/mol. The molecule has 1 fully saturated rings. The van der Waals surface area contributed by atoms with E-state index in [2.05, 4.69) is 38.2 Å². The second kappa shape index (κ2) is 7.76. The van der Waals surface area contributed by atoms with E-state index in [9.17, 15) is 4.79 Å². The van der Waals surface area contributed by atoms with Crippen molar-refractivity contribution in [1.29, 1.82) is 0 Å². The molecule has 0 saturated carbocycles. The molecule has 3 rings (SSSR count). The van der Waals surface area contributed by atoms with Crippen LogP contribution in [-0.4, -0.2) is 63.2 Å². The van der Waals surface area contributed by atoms with E-state index in [1.54, 1.807) is 10.9 Å². The van der Waals surface area contributed by atoms with Gasteiger partial charge in [0.2, 0.25) is 5.91 Å². The molecule has 1 saturated heterocycles. The highest BCUT2D eigenvalue weighted by molar-refractivity contribution is 5.91. The zero-order valence-electron chi connectivity index (χ0n) is 15.1. The van der Waals surface area contributed by atoms with Gasteiger partial charge in [-0.2, -0.15) is 5.10 Å². The van der Waals surface area contributed by atoms with Crippen molar-refractivity contribution in [2.45, 2.75) is 19.9 Å². The molecule has 0 aromatic carbocycles. The average Bonchev–Trinajstić information content (AvgIpc) is 2.92. The van der Waals surface area contributed by atoms with Crippen LogP contribution in [0, 0.1) is 6.92 Å². The number of pyridine rings is 1. The Morgan fingerprint density at radius 1 is 1.32 bits per heavy atom. The van der Waals surface area contributed by atoms with Crippen LogP contribution in [0.4, 0.5) is 5.82 Å². The maximum absolute atomic E-state index is 12.3. The normalized spacial score (nSPS) is 17.4. The zero-order valence-corrected chi connectivity index (χ0v) is 15.1. The number of piperazine rings is 1. The van der Waals surface area contributed by atoms with Gasteiger partial charge in [0.1, 0.15) is 5.82 Å². The van der Waals surface area contributed by atoms with Gasteiger partial charge in [-0.1, -0.05) is 6.07 Å². The van der Waals surface area contributed by atoms with Crippen molar-refractivity contribution in [2.75, 3.05) is 38.0 Å². The third-order valence-electron chi connectivity index (χ3n) is 4.76. The molecule has 2 aromatic rings. The number of nitrogens with one attached hydrogen (secondary N) is 1. The molecular weight excluding hydrogens is 316 g/mol. The first-order chi connectivity index (χ1) is 12.0. The van der Waals surface area contributed by atoms with E-state index in [0.29, 0.717) is 12.6 Å². The van der Waals surface area contributed by atoms with Gasteiger partial charge in [0.25, 0.3) is 0 Å². The van der Waals surface area contributed by atoms with Gasteiger partial charge in [0.05, 0.1) is 12.2 Å². The first-order valence-electron chi connectivity index (χ1n) is 8.70. The maximum Gasteiger partial charge on any atom is 0.239 e. The number of aryl methyl sites for hydroxylation is 2. The number of hydrogen-bond donors (Lipinski definition) is 1. The van der Waals surface area contributed by atoms with E-state index >= 15 is 0 Å². The lowest BCUT2D eigenvalue weighted by Gasteiger charge is -2.37. The van der Waals surface area contributed by atoms with Crippen molar-refractivity contribution in [3.8, 4) is 0 Å². The number of rotatable bonds is 5. The molecule has 134 valence electrons. The molecule has 0 radical (unpaired) electrons. The summed E-state index contributed by atoms with van der Waals surface area (Å²) in [5.74, 6) is 0.753. The molecule has 7 heteroatoms. The minimum Gasteiger partial charge on any atom is -0.310 e. The lowest BCUT2D eigenvalue weighted by Crippen LogP contribution is -2.49. The summed E-state index contributed by atoms with van der Waals surface area (Å²) in [5, 5.41) is 7.18. The minimum atomic E-state index is 0.0109. The molecule has 2 aromatic heterocycles. The van der Waals surface area contributed by atoms with E-state index in [1.807, 2.05) is 32.3 Å². The van der Waals surface area contributed by atoms with Crippen molar-refractivity contribution in [3.05, 3.63) is 41.9 Å². The van der Waals surface area contributed by atoms with Crippen LogP contribution in [0.3, 0.4) is 0 Å². The van der Waals surface area contributed by atoms with Crippen LogP contribution >= 0.6 is 0 Å². The van der Waals surface area contributed by atoms with Gasteiger partial charge in [-0.25, -0.2) is 0 Å². The number of aromatic nitrogens is 3. The molecule has 1 amide bonds. The molecule has 1 N–H and O–H groups in total. The fourth-order valence-electron chi connectivity index (χ4n) is 3.26. The molecule has 0 unspecified atom stereocenters. The van der Waals surface area contributed by atoms with E-state index in [0.717, 1.165) is 37.7 Å². The number of amides is 1. The summed E-state index contributed by atoms with van der Waals surface area (Å²) in [5.41, 5.74) is 2.14. The number of carbonyl (C=O) groups is 1. The molecule has 1 atom stereocenters. The van der Waals surface area contributed by atoms with Crippen LogP contribution in [0.5, 0.6) is 0 Å². The molecule has 1 aliphatic heterocycles. The third-order valence-corrected chi connectivity index (χ3v) is 4.76. The molecule has 25 heavy (non-hydrogen) atoms. The fraction of sp³-hybridized carbons (Fsp3) is 0.500. The van der Waals surface area contributed by atoms with E-state index in [4.69, 9.17) is 0 Å². The second-order valence-corrected chi connectivity index (χ2v) is 6.62. The second-order valence-electron chi connectivity index (χ2n) is 6.62. The monoisotopic (exact) mass is 342 g/mol. The van der Waals surface area contributed by atoms with Crippen molar-refractivity contribution < 1.29 is 4.79 Å². The summed E-state index contributed by atoms with van der Waals surface area (Å²) >= 11 is 0. The largest absolute Gasteiger partial charge is 0.310 e. The van der Waals surface area contributed by atoms with Gasteiger partial charge in [-0.05, 0) is 25.5 Å². The maximum atomic E-state index is 12.3. The molecule has 0 spiro atoms. The summed E-state index contributed by atoms with van der Waals surface area (Å²) in [6.45, 7) is 8.23. The van der Waals surface area contributed by atoms with Crippen molar-refractivity contribution in [3.63, 3.8) is 0 Å². The number of nitrogens with zero attached hydrogens (tertiary/aromatic N) is 5. The van der Waals surface area contributed by atoms with Crippen molar-refractivity contribution in [1.82, 2.24) is 24.6 Å². The van der Waals surface area contributed by atoms with Gasteiger partial charge in [-0.15, -0.1) is 0 Å². The van der Waals surface area contributed by atoms with E-state index in [-0.39, 0.29) is 5.91 Å². The van der Waals surface area contributed by atoms with E-state index < -0.39 is 0 Å². The highest BCUT2D eigenvalue weighted by Gasteiger charge is 2.23. The van der Waals surface area contributed by atoms with Crippen LogP contribution < -0.4 is 5.32 Å². The lowest BCUT2D eigenvalue weighted by molar-refractivity contribution is -0.117. The first kappa shape index (κ1) is 17.6. The van der Waals surface area contributed by atoms with Crippen molar-refractivity contribution in [2.24, 2.45) is 7.05 Å². The summed E-state index contributed by atoms with van der Waals surface area (Å²) in [6.07, 6.45) is 3.73. The molecule has 1 aliphatic rings. The Morgan fingerprint density at radius 3 is 2.68 bits per heavy atom. The molecule has 7 nitrogen and oxygen atoms in total. The molecule has 3 heterocycles. The lowest BCUT2D eigenvalue weighted by atomic mass is 10.1. The summed E-state index contributed by atoms with van der Waals surface area (Å²) in [7, 11) is 1.83. The highest BCUT2D eigenvalue weighted by atomic mass is 16.2. The van der Waals surface area contributed by atoms with Gasteiger partial charge < -0.3 is 5.32 Å². The minimum absolute atomic E-state index is 0.0109. The molecule has 0 aliphatic carbocycles. The van der Waals surface area contributed by atoms with E-state index in [1.165, 1.54) is 5.56 Å². The molecular formula is C18H26N6O. The predicted octanol–water partition coefficient (Wildman–Crippen LogP) is 1.44. The summed E-state index contributed by atoms with van der Waals surface area (Å²) in [4.78, 5) is 21.1. The average molecular weight is 342 g/mol. The number of carbonyl (C=O) groups excluding carboxylic acids is 1. The fourth-order valence-corrected chi connectivity index (χ4v) is 3.26. The van der Waals surface area contributed by atoms with Crippen molar-refractivity contribution >= 4 is 11.7 Å². The van der Waals surface area contributed by atoms with Gasteiger partial charge in [-0.3, -0.25) is 24.3 Å². The van der Waals surface area contributed by atoms with Gasteiger partial charge in [0, 0.05) is 57.7 Å². The zero-order chi connectivity index (χ0) is 17.8. The molecule has 0 bridgehead atoms. The van der Waals surface area contributed by atoms with Crippen LogP contribution in [-0.2, 0) is 11.8 Å². The quantitative estimate of drug-likeness (QED) is 0.891. The first-order valence-corrected chi connectivity index (χ1v) is 8.70. The Morgan fingerprint density at radius 2 is 2.08 bits per heavy atom. The Kier molecular flexibility index (Phi) is 5.45. The van der Waals surface area contributed by atoms with Gasteiger partial charge in [0.15, 0.2) is 0 Å².